The fourth-order valence-corrected chi connectivity index (χ4v) is 2.85. The van der Waals surface area contributed by atoms with Crippen molar-refractivity contribution in [2.75, 3.05) is 19.6 Å². The summed E-state index contributed by atoms with van der Waals surface area (Å²) in [5, 5.41) is 0. The molecule has 7 heteroatoms. The van der Waals surface area contributed by atoms with E-state index in [2.05, 4.69) is 4.98 Å². The second-order valence-electron chi connectivity index (χ2n) is 5.76. The topological polar surface area (TPSA) is 106 Å². The van der Waals surface area contributed by atoms with Crippen molar-refractivity contribution in [3.05, 3.63) is 48.0 Å². The van der Waals surface area contributed by atoms with Gasteiger partial charge in [-0.1, -0.05) is 0 Å². The van der Waals surface area contributed by atoms with Crippen LogP contribution in [0.1, 0.15) is 5.56 Å². The normalized spacial score (nSPS) is 12.2. The van der Waals surface area contributed by atoms with Crippen LogP contribution < -0.4 is 25.7 Å². The number of aromatic nitrogens is 2. The summed E-state index contributed by atoms with van der Waals surface area (Å²) in [4.78, 5) is 9.14. The molecule has 0 saturated heterocycles. The predicted octanol–water partition coefficient (Wildman–Crippen LogP) is 2.59. The van der Waals surface area contributed by atoms with E-state index in [4.69, 9.17) is 30.7 Å². The molecule has 2 aromatic carbocycles. The van der Waals surface area contributed by atoms with Crippen molar-refractivity contribution >= 4 is 5.82 Å². The summed E-state index contributed by atoms with van der Waals surface area (Å²) >= 11 is 0. The molecule has 7 nitrogen and oxygen atoms in total. The van der Waals surface area contributed by atoms with Crippen molar-refractivity contribution in [2.24, 2.45) is 5.73 Å². The first-order chi connectivity index (χ1) is 12.7. The molecule has 132 valence electrons. The SMILES string of the molecule is COc1ccc(-c2nc(N)c(CN)c(-c3ccc4c(c3)OCO4)n2)cc1. The summed E-state index contributed by atoms with van der Waals surface area (Å²) in [5.41, 5.74) is 15.1. The molecular formula is C19H18N4O3. The maximum atomic E-state index is 6.16. The minimum absolute atomic E-state index is 0.214. The van der Waals surface area contributed by atoms with E-state index in [9.17, 15) is 0 Å². The average molecular weight is 350 g/mol. The average Bonchev–Trinajstić information content (AvgIpc) is 3.15. The Hall–Kier alpha value is -3.32. The van der Waals surface area contributed by atoms with Gasteiger partial charge in [0, 0.05) is 23.2 Å². The van der Waals surface area contributed by atoms with Gasteiger partial charge in [-0.25, -0.2) is 9.97 Å². The smallest absolute Gasteiger partial charge is 0.231 e. The molecule has 0 saturated carbocycles. The predicted molar refractivity (Wildman–Crippen MR) is 97.9 cm³/mol. The molecule has 4 N–H and O–H groups in total. The number of hydrogen-bond donors (Lipinski definition) is 2. The largest absolute Gasteiger partial charge is 0.497 e. The van der Waals surface area contributed by atoms with Crippen molar-refractivity contribution in [2.45, 2.75) is 6.54 Å². The van der Waals surface area contributed by atoms with Gasteiger partial charge in [0.2, 0.25) is 6.79 Å². The van der Waals surface area contributed by atoms with E-state index in [0.717, 1.165) is 16.9 Å². The van der Waals surface area contributed by atoms with Crippen LogP contribution in [0.5, 0.6) is 17.2 Å². The molecule has 2 heterocycles. The second kappa shape index (κ2) is 6.53. The number of nitrogens with zero attached hydrogens (tertiary/aromatic N) is 2. The number of nitrogen functional groups attached to an aromatic ring is 1. The number of ether oxygens (including phenoxy) is 3. The summed E-state index contributed by atoms with van der Waals surface area (Å²) in [6.07, 6.45) is 0. The Morgan fingerprint density at radius 2 is 1.73 bits per heavy atom. The number of anilines is 1. The Labute approximate surface area is 150 Å². The van der Waals surface area contributed by atoms with E-state index >= 15 is 0 Å². The number of rotatable bonds is 4. The molecule has 1 aromatic heterocycles. The Morgan fingerprint density at radius 1 is 1.00 bits per heavy atom. The zero-order chi connectivity index (χ0) is 18.1. The molecule has 1 aliphatic heterocycles. The summed E-state index contributed by atoms with van der Waals surface area (Å²) in [6.45, 7) is 0.448. The fourth-order valence-electron chi connectivity index (χ4n) is 2.85. The van der Waals surface area contributed by atoms with Crippen molar-refractivity contribution in [1.82, 2.24) is 9.97 Å². The molecule has 3 aromatic rings. The van der Waals surface area contributed by atoms with Gasteiger partial charge in [0.15, 0.2) is 17.3 Å². The zero-order valence-corrected chi connectivity index (χ0v) is 14.2. The van der Waals surface area contributed by atoms with Crippen molar-refractivity contribution < 1.29 is 14.2 Å². The summed E-state index contributed by atoms with van der Waals surface area (Å²) < 4.78 is 16.0. The van der Waals surface area contributed by atoms with Gasteiger partial charge < -0.3 is 25.7 Å². The van der Waals surface area contributed by atoms with Crippen LogP contribution in [0.15, 0.2) is 42.5 Å². The number of fused-ring (bicyclic) bond motifs is 1. The number of nitrogens with two attached hydrogens (primary N) is 2. The maximum absolute atomic E-state index is 6.16. The summed E-state index contributed by atoms with van der Waals surface area (Å²) in [6, 6.07) is 13.1. The van der Waals surface area contributed by atoms with Crippen LogP contribution in [0.3, 0.4) is 0 Å². The molecule has 0 atom stereocenters. The van der Waals surface area contributed by atoms with Gasteiger partial charge in [-0.2, -0.15) is 0 Å². The fraction of sp³-hybridized carbons (Fsp3) is 0.158. The van der Waals surface area contributed by atoms with E-state index in [0.29, 0.717) is 34.4 Å². The molecule has 0 bridgehead atoms. The van der Waals surface area contributed by atoms with Crippen LogP contribution in [0.2, 0.25) is 0 Å². The standard InChI is InChI=1S/C19H18N4O3/c1-24-13-5-2-11(3-6-13)19-22-17(14(9-20)18(21)23-19)12-4-7-15-16(8-12)26-10-25-15/h2-8H,9-10,20H2,1H3,(H2,21,22,23). The van der Waals surface area contributed by atoms with Crippen molar-refractivity contribution in [3.63, 3.8) is 0 Å². The molecular weight excluding hydrogens is 332 g/mol. The van der Waals surface area contributed by atoms with Gasteiger partial charge in [-0.05, 0) is 42.5 Å². The lowest BCUT2D eigenvalue weighted by Gasteiger charge is -2.13. The minimum atomic E-state index is 0.214. The highest BCUT2D eigenvalue weighted by Crippen LogP contribution is 2.37. The molecule has 0 spiro atoms. The first-order valence-electron chi connectivity index (χ1n) is 8.10. The number of hydrogen-bond acceptors (Lipinski definition) is 7. The maximum Gasteiger partial charge on any atom is 0.231 e. The van der Waals surface area contributed by atoms with E-state index in [1.54, 1.807) is 7.11 Å². The zero-order valence-electron chi connectivity index (χ0n) is 14.2. The molecule has 4 rings (SSSR count). The van der Waals surface area contributed by atoms with Crippen LogP contribution in [-0.4, -0.2) is 23.9 Å². The molecule has 0 aliphatic carbocycles. The lowest BCUT2D eigenvalue weighted by Crippen LogP contribution is -2.09. The number of methoxy groups -OCH3 is 1. The third-order valence-electron chi connectivity index (χ3n) is 4.24. The van der Waals surface area contributed by atoms with E-state index < -0.39 is 0 Å². The van der Waals surface area contributed by atoms with Gasteiger partial charge in [-0.15, -0.1) is 0 Å². The Bertz CT molecular complexity index is 958. The molecule has 0 amide bonds. The van der Waals surface area contributed by atoms with Crippen molar-refractivity contribution in [1.29, 1.82) is 0 Å². The molecule has 0 fully saturated rings. The lowest BCUT2D eigenvalue weighted by molar-refractivity contribution is 0.174. The molecule has 1 aliphatic rings. The highest BCUT2D eigenvalue weighted by molar-refractivity contribution is 5.73. The van der Waals surface area contributed by atoms with Crippen LogP contribution in [0.4, 0.5) is 5.82 Å². The van der Waals surface area contributed by atoms with Crippen molar-refractivity contribution in [3.8, 4) is 39.9 Å². The van der Waals surface area contributed by atoms with E-state index in [1.165, 1.54) is 0 Å². The van der Waals surface area contributed by atoms with Crippen LogP contribution in [0.25, 0.3) is 22.6 Å². The van der Waals surface area contributed by atoms with Crippen LogP contribution >= 0.6 is 0 Å². The molecule has 0 radical (unpaired) electrons. The summed E-state index contributed by atoms with van der Waals surface area (Å²) in [7, 11) is 1.62. The third-order valence-corrected chi connectivity index (χ3v) is 4.24. The third kappa shape index (κ3) is 2.78. The first kappa shape index (κ1) is 16.2. The monoisotopic (exact) mass is 350 g/mol. The van der Waals surface area contributed by atoms with E-state index in [-0.39, 0.29) is 13.3 Å². The van der Waals surface area contributed by atoms with Gasteiger partial charge in [0.05, 0.1) is 12.8 Å². The lowest BCUT2D eigenvalue weighted by atomic mass is 10.0. The van der Waals surface area contributed by atoms with Crippen LogP contribution in [0, 0.1) is 0 Å². The Kier molecular flexibility index (Phi) is 4.06. The molecule has 26 heavy (non-hydrogen) atoms. The number of benzene rings is 2. The Morgan fingerprint density at radius 3 is 2.46 bits per heavy atom. The van der Waals surface area contributed by atoms with E-state index in [1.807, 2.05) is 42.5 Å². The first-order valence-corrected chi connectivity index (χ1v) is 8.10. The highest BCUT2D eigenvalue weighted by Gasteiger charge is 2.18. The minimum Gasteiger partial charge on any atom is -0.497 e. The summed E-state index contributed by atoms with van der Waals surface area (Å²) in [5.74, 6) is 3.03. The van der Waals surface area contributed by atoms with Gasteiger partial charge in [0.1, 0.15) is 11.6 Å². The van der Waals surface area contributed by atoms with Crippen LogP contribution in [-0.2, 0) is 6.54 Å². The Balaban J connectivity index is 1.83. The quantitative estimate of drug-likeness (QED) is 0.745. The van der Waals surface area contributed by atoms with Gasteiger partial charge in [-0.3, -0.25) is 0 Å². The van der Waals surface area contributed by atoms with Gasteiger partial charge in [0.25, 0.3) is 0 Å². The van der Waals surface area contributed by atoms with Gasteiger partial charge >= 0.3 is 0 Å². The molecule has 0 unspecified atom stereocenters. The second-order valence-corrected chi connectivity index (χ2v) is 5.76. The highest BCUT2D eigenvalue weighted by atomic mass is 16.7.